The number of nitrogens with zero attached hydrogens (tertiary/aromatic N) is 2. The van der Waals surface area contributed by atoms with Crippen LogP contribution in [-0.4, -0.2) is 4.57 Å². The molecule has 4 heteroatoms. The Bertz CT molecular complexity index is 814. The maximum absolute atomic E-state index is 9.30. The number of para-hydroxylation sites is 1. The van der Waals surface area contributed by atoms with E-state index in [1.165, 1.54) is 0 Å². The van der Waals surface area contributed by atoms with Crippen molar-refractivity contribution in [1.82, 2.24) is 4.57 Å². The number of halogens is 2. The summed E-state index contributed by atoms with van der Waals surface area (Å²) < 4.78 is 1.88. The molecule has 0 aliphatic rings. The van der Waals surface area contributed by atoms with Crippen LogP contribution in [0.2, 0.25) is 10.2 Å². The van der Waals surface area contributed by atoms with Crippen molar-refractivity contribution < 1.29 is 0 Å². The van der Waals surface area contributed by atoms with Crippen LogP contribution in [0, 0.1) is 11.3 Å². The molecular weight excluding hydrogens is 291 g/mol. The molecule has 98 valence electrons. The summed E-state index contributed by atoms with van der Waals surface area (Å²) in [4.78, 5) is 0. The predicted molar refractivity (Wildman–Crippen MR) is 82.2 cm³/mol. The molecule has 0 fully saturated rings. The van der Waals surface area contributed by atoms with Crippen LogP contribution in [0.4, 0.5) is 0 Å². The van der Waals surface area contributed by atoms with E-state index in [-0.39, 0.29) is 0 Å². The number of benzene rings is 2. The van der Waals surface area contributed by atoms with Crippen molar-refractivity contribution in [3.05, 3.63) is 69.8 Å². The lowest BCUT2D eigenvalue weighted by Crippen LogP contribution is -1.99. The maximum atomic E-state index is 9.30. The fourth-order valence-corrected chi connectivity index (χ4v) is 2.92. The molecular formula is C16H10Cl2N2. The van der Waals surface area contributed by atoms with Gasteiger partial charge in [-0.3, -0.25) is 0 Å². The molecule has 0 unspecified atom stereocenters. The zero-order valence-electron chi connectivity index (χ0n) is 10.5. The molecule has 1 aromatic heterocycles. The molecule has 1 heterocycles. The molecule has 2 aromatic carbocycles. The van der Waals surface area contributed by atoms with Gasteiger partial charge in [0.05, 0.1) is 16.1 Å². The summed E-state index contributed by atoms with van der Waals surface area (Å²) >= 11 is 12.6. The first-order chi connectivity index (χ1) is 9.72. The van der Waals surface area contributed by atoms with Crippen molar-refractivity contribution in [3.8, 4) is 6.07 Å². The van der Waals surface area contributed by atoms with Gasteiger partial charge in [-0.25, -0.2) is 0 Å². The number of hydrogen-bond donors (Lipinski definition) is 0. The standard InChI is InChI=1S/C16H10Cl2N2/c17-14-8-4-7-12-13(9-19)16(18)20(15(12)14)10-11-5-2-1-3-6-11/h1-8H,10H2. The second-order valence-corrected chi connectivity index (χ2v) is 5.25. The van der Waals surface area contributed by atoms with Gasteiger partial charge in [-0.15, -0.1) is 0 Å². The van der Waals surface area contributed by atoms with Crippen LogP contribution in [0.3, 0.4) is 0 Å². The van der Waals surface area contributed by atoms with Crippen LogP contribution in [0.1, 0.15) is 11.1 Å². The third-order valence-electron chi connectivity index (χ3n) is 3.26. The van der Waals surface area contributed by atoms with Gasteiger partial charge in [0.25, 0.3) is 0 Å². The smallest absolute Gasteiger partial charge is 0.128 e. The second kappa shape index (κ2) is 5.20. The number of fused-ring (bicyclic) bond motifs is 1. The lowest BCUT2D eigenvalue weighted by Gasteiger charge is -2.08. The van der Waals surface area contributed by atoms with Gasteiger partial charge in [0.2, 0.25) is 0 Å². The molecule has 0 amide bonds. The quantitative estimate of drug-likeness (QED) is 0.664. The van der Waals surface area contributed by atoms with Gasteiger partial charge >= 0.3 is 0 Å². The summed E-state index contributed by atoms with van der Waals surface area (Å²) in [6, 6.07) is 17.6. The second-order valence-electron chi connectivity index (χ2n) is 4.49. The largest absolute Gasteiger partial charge is 0.325 e. The van der Waals surface area contributed by atoms with Crippen molar-refractivity contribution >= 4 is 34.1 Å². The summed E-state index contributed by atoms with van der Waals surface area (Å²) in [5.41, 5.74) is 2.38. The molecule has 0 N–H and O–H groups in total. The average molecular weight is 301 g/mol. The third kappa shape index (κ3) is 2.06. The lowest BCUT2D eigenvalue weighted by atomic mass is 10.2. The molecule has 0 saturated carbocycles. The topological polar surface area (TPSA) is 28.7 Å². The van der Waals surface area contributed by atoms with Gasteiger partial charge in [-0.1, -0.05) is 65.7 Å². The minimum Gasteiger partial charge on any atom is -0.325 e. The Morgan fingerprint density at radius 2 is 1.75 bits per heavy atom. The van der Waals surface area contributed by atoms with Crippen molar-refractivity contribution in [2.75, 3.05) is 0 Å². The van der Waals surface area contributed by atoms with E-state index in [2.05, 4.69) is 6.07 Å². The van der Waals surface area contributed by atoms with Gasteiger partial charge in [0, 0.05) is 11.9 Å². The highest BCUT2D eigenvalue weighted by atomic mass is 35.5. The first-order valence-corrected chi connectivity index (χ1v) is 6.88. The van der Waals surface area contributed by atoms with E-state index in [1.807, 2.05) is 53.1 Å². The van der Waals surface area contributed by atoms with Crippen LogP contribution in [0.15, 0.2) is 48.5 Å². The summed E-state index contributed by atoms with van der Waals surface area (Å²) in [6.45, 7) is 0.585. The Morgan fingerprint density at radius 1 is 1.00 bits per heavy atom. The Labute approximate surface area is 126 Å². The zero-order valence-corrected chi connectivity index (χ0v) is 12.0. The van der Waals surface area contributed by atoms with Crippen molar-refractivity contribution in [2.24, 2.45) is 0 Å². The number of aromatic nitrogens is 1. The number of hydrogen-bond acceptors (Lipinski definition) is 1. The predicted octanol–water partition coefficient (Wildman–Crippen LogP) is 4.87. The molecule has 2 nitrogen and oxygen atoms in total. The zero-order chi connectivity index (χ0) is 14.1. The molecule has 0 saturated heterocycles. The summed E-state index contributed by atoms with van der Waals surface area (Å²) in [5, 5.41) is 11.1. The monoisotopic (exact) mass is 300 g/mol. The van der Waals surface area contributed by atoms with E-state index in [4.69, 9.17) is 23.2 Å². The Balaban J connectivity index is 2.25. The average Bonchev–Trinajstić information content (AvgIpc) is 2.73. The van der Waals surface area contributed by atoms with E-state index in [0.29, 0.717) is 22.3 Å². The molecule has 0 aliphatic heterocycles. The summed E-state index contributed by atoms with van der Waals surface area (Å²) in [7, 11) is 0. The minimum absolute atomic E-state index is 0.430. The Kier molecular flexibility index (Phi) is 3.40. The molecule has 20 heavy (non-hydrogen) atoms. The van der Waals surface area contributed by atoms with Crippen molar-refractivity contribution in [2.45, 2.75) is 6.54 Å². The van der Waals surface area contributed by atoms with Crippen molar-refractivity contribution in [3.63, 3.8) is 0 Å². The van der Waals surface area contributed by atoms with Gasteiger partial charge in [-0.05, 0) is 11.6 Å². The Hall–Kier alpha value is -1.95. The van der Waals surface area contributed by atoms with E-state index in [0.717, 1.165) is 16.5 Å². The van der Waals surface area contributed by atoms with Gasteiger partial charge in [-0.2, -0.15) is 5.26 Å². The number of rotatable bonds is 2. The van der Waals surface area contributed by atoms with Crippen molar-refractivity contribution in [1.29, 1.82) is 5.26 Å². The highest BCUT2D eigenvalue weighted by molar-refractivity contribution is 6.37. The maximum Gasteiger partial charge on any atom is 0.128 e. The number of nitriles is 1. The molecule has 0 radical (unpaired) electrons. The lowest BCUT2D eigenvalue weighted by molar-refractivity contribution is 0.837. The fourth-order valence-electron chi connectivity index (χ4n) is 2.36. The molecule has 0 bridgehead atoms. The highest BCUT2D eigenvalue weighted by Gasteiger charge is 2.17. The summed E-state index contributed by atoms with van der Waals surface area (Å²) in [6.07, 6.45) is 0. The SMILES string of the molecule is N#Cc1c(Cl)n(Cc2ccccc2)c2c(Cl)cccc12. The molecule has 3 rings (SSSR count). The molecule has 0 spiro atoms. The van der Waals surface area contributed by atoms with E-state index >= 15 is 0 Å². The fraction of sp³-hybridized carbons (Fsp3) is 0.0625. The van der Waals surface area contributed by atoms with Crippen LogP contribution in [0.5, 0.6) is 0 Å². The minimum atomic E-state index is 0.430. The van der Waals surface area contributed by atoms with E-state index < -0.39 is 0 Å². The van der Waals surface area contributed by atoms with Gasteiger partial charge < -0.3 is 4.57 Å². The Morgan fingerprint density at radius 3 is 2.45 bits per heavy atom. The van der Waals surface area contributed by atoms with E-state index in [9.17, 15) is 5.26 Å². The molecule has 0 atom stereocenters. The normalized spacial score (nSPS) is 10.7. The first-order valence-electron chi connectivity index (χ1n) is 6.12. The van der Waals surface area contributed by atoms with Crippen LogP contribution < -0.4 is 0 Å². The summed E-state index contributed by atoms with van der Waals surface area (Å²) in [5.74, 6) is 0. The van der Waals surface area contributed by atoms with Gasteiger partial charge in [0.1, 0.15) is 11.2 Å². The van der Waals surface area contributed by atoms with Crippen LogP contribution >= 0.6 is 23.2 Å². The third-order valence-corrected chi connectivity index (χ3v) is 3.96. The first kappa shape index (κ1) is 13.1. The molecule has 3 aromatic rings. The van der Waals surface area contributed by atoms with Crippen LogP contribution in [-0.2, 0) is 6.54 Å². The van der Waals surface area contributed by atoms with Gasteiger partial charge in [0.15, 0.2) is 0 Å². The molecule has 0 aliphatic carbocycles. The van der Waals surface area contributed by atoms with Crippen LogP contribution in [0.25, 0.3) is 10.9 Å². The highest BCUT2D eigenvalue weighted by Crippen LogP contribution is 2.34. The van der Waals surface area contributed by atoms with E-state index in [1.54, 1.807) is 0 Å².